The number of fused-ring (bicyclic) bond motifs is 1. The molecule has 162 valence electrons. The number of hydrogen-bond acceptors (Lipinski definition) is 4. The van der Waals surface area contributed by atoms with E-state index in [0.29, 0.717) is 18.7 Å². The first-order chi connectivity index (χ1) is 14.2. The third kappa shape index (κ3) is 3.74. The summed E-state index contributed by atoms with van der Waals surface area (Å²) in [7, 11) is -3.65. The number of halogens is 2. The fourth-order valence-corrected chi connectivity index (χ4v) is 6.10. The van der Waals surface area contributed by atoms with Gasteiger partial charge >= 0.3 is 0 Å². The van der Waals surface area contributed by atoms with Gasteiger partial charge < -0.3 is 5.32 Å². The van der Waals surface area contributed by atoms with Crippen molar-refractivity contribution in [3.8, 4) is 0 Å². The molecular formula is C20H24F2N4O3S. The zero-order valence-electron chi connectivity index (χ0n) is 16.8. The van der Waals surface area contributed by atoms with E-state index in [-0.39, 0.29) is 41.0 Å². The van der Waals surface area contributed by atoms with Crippen LogP contribution in [0.2, 0.25) is 0 Å². The lowest BCUT2D eigenvalue weighted by Gasteiger charge is -2.44. The van der Waals surface area contributed by atoms with Gasteiger partial charge in [-0.25, -0.2) is 17.2 Å². The maximum atomic E-state index is 13.1. The molecule has 10 heteroatoms. The van der Waals surface area contributed by atoms with E-state index in [1.54, 1.807) is 31.2 Å². The smallest absolute Gasteiger partial charge is 0.282 e. The Balaban J connectivity index is 1.44. The molecule has 1 N–H and O–H groups in total. The number of nitrogens with zero attached hydrogens (tertiary/aromatic N) is 3. The highest BCUT2D eigenvalue weighted by molar-refractivity contribution is 7.89. The summed E-state index contributed by atoms with van der Waals surface area (Å²) < 4.78 is 54.5. The third-order valence-corrected chi connectivity index (χ3v) is 7.91. The van der Waals surface area contributed by atoms with Crippen LogP contribution in [0.5, 0.6) is 0 Å². The maximum Gasteiger partial charge on any atom is 0.282 e. The van der Waals surface area contributed by atoms with Gasteiger partial charge in [-0.15, -0.1) is 0 Å². The quantitative estimate of drug-likeness (QED) is 0.751. The Kier molecular flexibility index (Phi) is 5.39. The minimum atomic E-state index is -3.65. The highest BCUT2D eigenvalue weighted by atomic mass is 32.2. The molecule has 0 radical (unpaired) electrons. The summed E-state index contributed by atoms with van der Waals surface area (Å²) in [5.74, 6) is -0.155. The number of amides is 1. The predicted octanol–water partition coefficient (Wildman–Crippen LogP) is 2.41. The Morgan fingerprint density at radius 1 is 1.27 bits per heavy atom. The number of carbonyl (C=O) groups is 1. The number of carbonyl (C=O) groups excluding carboxylic acids is 1. The fourth-order valence-electron chi connectivity index (χ4n) is 4.37. The Morgan fingerprint density at radius 3 is 2.60 bits per heavy atom. The lowest BCUT2D eigenvalue weighted by molar-refractivity contribution is -0.124. The van der Waals surface area contributed by atoms with E-state index in [0.717, 1.165) is 12.0 Å². The number of hydrogen-bond donors (Lipinski definition) is 1. The molecule has 2 heterocycles. The van der Waals surface area contributed by atoms with E-state index < -0.39 is 16.4 Å². The summed E-state index contributed by atoms with van der Waals surface area (Å²) in [6.07, 6.45) is -1.23. The van der Waals surface area contributed by atoms with Crippen molar-refractivity contribution in [1.29, 1.82) is 0 Å². The van der Waals surface area contributed by atoms with Gasteiger partial charge in [-0.3, -0.25) is 9.48 Å². The van der Waals surface area contributed by atoms with Crippen LogP contribution >= 0.6 is 0 Å². The Hall–Kier alpha value is -2.33. The average molecular weight is 439 g/mol. The average Bonchev–Trinajstić information content (AvgIpc) is 3.21. The number of rotatable bonds is 6. The number of aryl methyl sites for hydroxylation is 2. The Labute approximate surface area is 174 Å². The standard InChI is InChI=1S/C20H24F2N4O3S/c1-12-3-5-15(6-4-12)30(28,29)26-8-7-14-10-16(19(14)26)23-18(27)11-25-13(2)9-17(24-25)20(21)22/h3-6,9,14,16,19-20H,7-8,10-11H2,1-2H3,(H,23,27)/t14-,16+,19-/m1/s1. The molecule has 0 bridgehead atoms. The van der Waals surface area contributed by atoms with E-state index in [1.165, 1.54) is 15.1 Å². The van der Waals surface area contributed by atoms with Gasteiger partial charge in [0.15, 0.2) is 0 Å². The van der Waals surface area contributed by atoms with E-state index in [2.05, 4.69) is 10.4 Å². The minimum absolute atomic E-state index is 0.183. The highest BCUT2D eigenvalue weighted by Crippen LogP contribution is 2.43. The topological polar surface area (TPSA) is 84.3 Å². The number of nitrogens with one attached hydrogen (secondary N) is 1. The van der Waals surface area contributed by atoms with Gasteiger partial charge in [0.1, 0.15) is 12.2 Å². The normalized spacial score (nSPS) is 24.0. The fraction of sp³-hybridized carbons (Fsp3) is 0.500. The van der Waals surface area contributed by atoms with Gasteiger partial charge in [0.25, 0.3) is 6.43 Å². The molecule has 4 rings (SSSR count). The molecule has 2 aliphatic rings. The molecule has 2 fully saturated rings. The Morgan fingerprint density at radius 2 is 1.97 bits per heavy atom. The SMILES string of the molecule is Cc1ccc(S(=O)(=O)N2CC[C@@H]3C[C@H](NC(=O)Cn4nc(C(F)F)cc4C)[C@@H]32)cc1. The number of sulfonamides is 1. The van der Waals surface area contributed by atoms with Crippen LogP contribution in [0.3, 0.4) is 0 Å². The van der Waals surface area contributed by atoms with Gasteiger partial charge in [-0.05, 0) is 50.8 Å². The second kappa shape index (κ2) is 7.73. The van der Waals surface area contributed by atoms with E-state index in [1.807, 2.05) is 6.92 Å². The summed E-state index contributed by atoms with van der Waals surface area (Å²) in [5, 5.41) is 6.64. The van der Waals surface area contributed by atoms with E-state index >= 15 is 0 Å². The summed E-state index contributed by atoms with van der Waals surface area (Å²) in [6.45, 7) is 3.74. The molecule has 1 aromatic carbocycles. The molecule has 7 nitrogen and oxygen atoms in total. The maximum absolute atomic E-state index is 13.1. The van der Waals surface area contributed by atoms with Crippen molar-refractivity contribution in [3.05, 3.63) is 47.3 Å². The number of alkyl halides is 2. The van der Waals surface area contributed by atoms with Gasteiger partial charge in [0.2, 0.25) is 15.9 Å². The molecule has 1 amide bonds. The van der Waals surface area contributed by atoms with Crippen LogP contribution in [0, 0.1) is 19.8 Å². The zero-order valence-corrected chi connectivity index (χ0v) is 17.6. The highest BCUT2D eigenvalue weighted by Gasteiger charge is 2.53. The molecule has 1 aromatic heterocycles. The zero-order chi connectivity index (χ0) is 21.6. The van der Waals surface area contributed by atoms with Crippen LogP contribution < -0.4 is 5.32 Å². The first-order valence-corrected chi connectivity index (χ1v) is 11.3. The first-order valence-electron chi connectivity index (χ1n) is 9.87. The van der Waals surface area contributed by atoms with Crippen LogP contribution in [0.4, 0.5) is 8.78 Å². The van der Waals surface area contributed by atoms with Crippen molar-refractivity contribution in [3.63, 3.8) is 0 Å². The van der Waals surface area contributed by atoms with Gasteiger partial charge in [0.05, 0.1) is 4.90 Å². The monoisotopic (exact) mass is 438 g/mol. The molecule has 0 unspecified atom stereocenters. The van der Waals surface area contributed by atoms with Crippen LogP contribution in [0.15, 0.2) is 35.2 Å². The largest absolute Gasteiger partial charge is 0.350 e. The lowest BCUT2D eigenvalue weighted by Crippen LogP contribution is -2.60. The summed E-state index contributed by atoms with van der Waals surface area (Å²) in [4.78, 5) is 12.7. The molecule has 1 aliphatic carbocycles. The first kappa shape index (κ1) is 20.9. The van der Waals surface area contributed by atoms with Crippen molar-refractivity contribution >= 4 is 15.9 Å². The summed E-state index contributed by atoms with van der Waals surface area (Å²) in [5.41, 5.74) is 1.08. The van der Waals surface area contributed by atoms with Crippen molar-refractivity contribution in [1.82, 2.24) is 19.4 Å². The van der Waals surface area contributed by atoms with Crippen molar-refractivity contribution in [2.75, 3.05) is 6.54 Å². The summed E-state index contributed by atoms with van der Waals surface area (Å²) in [6, 6.07) is 7.41. The van der Waals surface area contributed by atoms with Crippen LogP contribution in [0.25, 0.3) is 0 Å². The van der Waals surface area contributed by atoms with Crippen LogP contribution in [-0.2, 0) is 21.4 Å². The predicted molar refractivity (Wildman–Crippen MR) is 105 cm³/mol. The number of aromatic nitrogens is 2. The molecule has 30 heavy (non-hydrogen) atoms. The van der Waals surface area contributed by atoms with Crippen molar-refractivity contribution in [2.45, 2.75) is 56.6 Å². The molecule has 0 spiro atoms. The lowest BCUT2D eigenvalue weighted by atomic mass is 9.76. The molecule has 1 saturated carbocycles. The van der Waals surface area contributed by atoms with Gasteiger partial charge in [-0.1, -0.05) is 17.7 Å². The van der Waals surface area contributed by atoms with Crippen molar-refractivity contribution in [2.24, 2.45) is 5.92 Å². The van der Waals surface area contributed by atoms with E-state index in [9.17, 15) is 22.0 Å². The number of benzene rings is 1. The molecule has 3 atom stereocenters. The van der Waals surface area contributed by atoms with Crippen molar-refractivity contribution < 1.29 is 22.0 Å². The third-order valence-electron chi connectivity index (χ3n) is 6.00. The Bertz CT molecular complexity index is 1050. The summed E-state index contributed by atoms with van der Waals surface area (Å²) >= 11 is 0. The van der Waals surface area contributed by atoms with Gasteiger partial charge in [0, 0.05) is 24.3 Å². The molecule has 1 saturated heterocycles. The molecule has 2 aromatic rings. The second-order valence-corrected chi connectivity index (χ2v) is 9.94. The second-order valence-electron chi connectivity index (χ2n) is 8.05. The molecular weight excluding hydrogens is 414 g/mol. The van der Waals surface area contributed by atoms with E-state index in [4.69, 9.17) is 0 Å². The van der Waals surface area contributed by atoms with Crippen LogP contribution in [-0.4, -0.2) is 47.0 Å². The van der Waals surface area contributed by atoms with Gasteiger partial charge in [-0.2, -0.15) is 9.40 Å². The van der Waals surface area contributed by atoms with Crippen LogP contribution in [0.1, 0.15) is 36.2 Å². The minimum Gasteiger partial charge on any atom is -0.350 e. The molecule has 1 aliphatic heterocycles.